The van der Waals surface area contributed by atoms with E-state index in [1.165, 1.54) is 32.1 Å². The van der Waals surface area contributed by atoms with Crippen molar-refractivity contribution < 1.29 is 0 Å². The molecule has 2 heterocycles. The summed E-state index contributed by atoms with van der Waals surface area (Å²) in [6.07, 6.45) is 6.61. The van der Waals surface area contributed by atoms with E-state index in [2.05, 4.69) is 9.88 Å². The van der Waals surface area contributed by atoms with Crippen molar-refractivity contribution in [3.8, 4) is 0 Å². The van der Waals surface area contributed by atoms with Crippen LogP contribution in [0.3, 0.4) is 0 Å². The summed E-state index contributed by atoms with van der Waals surface area (Å²) < 4.78 is 0. The number of halogens is 2. The van der Waals surface area contributed by atoms with Gasteiger partial charge in [-0.05, 0) is 38.1 Å². The molecule has 94 valence electrons. The zero-order chi connectivity index (χ0) is 12.1. The van der Waals surface area contributed by atoms with Crippen molar-refractivity contribution in [2.24, 2.45) is 0 Å². The van der Waals surface area contributed by atoms with Crippen molar-refractivity contribution in [2.45, 2.75) is 38.6 Å². The van der Waals surface area contributed by atoms with Crippen molar-refractivity contribution in [2.75, 3.05) is 13.1 Å². The normalized spacial score (nSPS) is 18.7. The van der Waals surface area contributed by atoms with E-state index in [4.69, 9.17) is 23.2 Å². The summed E-state index contributed by atoms with van der Waals surface area (Å²) in [7, 11) is 0. The fourth-order valence-corrected chi connectivity index (χ4v) is 2.58. The molecule has 1 aliphatic heterocycles. The Labute approximate surface area is 113 Å². The Balaban J connectivity index is 2.00. The van der Waals surface area contributed by atoms with E-state index >= 15 is 0 Å². The van der Waals surface area contributed by atoms with Crippen molar-refractivity contribution in [1.29, 1.82) is 0 Å². The molecular weight excluding hydrogens is 255 g/mol. The summed E-state index contributed by atoms with van der Waals surface area (Å²) in [4.78, 5) is 6.75. The van der Waals surface area contributed by atoms with Crippen molar-refractivity contribution in [3.63, 3.8) is 0 Å². The van der Waals surface area contributed by atoms with Crippen LogP contribution in [0.25, 0.3) is 0 Å². The fraction of sp³-hybridized carbons (Fsp3) is 0.615. The van der Waals surface area contributed by atoms with E-state index in [1.54, 1.807) is 6.07 Å². The van der Waals surface area contributed by atoms with Crippen LogP contribution in [0.5, 0.6) is 0 Å². The standard InChI is InChI=1S/C13H18Cl2N2/c14-11-6-7-13(15)16-12(11)10-17-8-4-2-1-3-5-9-17/h6-7H,1-5,8-10H2. The minimum absolute atomic E-state index is 0.524. The van der Waals surface area contributed by atoms with E-state index < -0.39 is 0 Å². The second-order valence-electron chi connectivity index (χ2n) is 4.61. The van der Waals surface area contributed by atoms with Crippen LogP contribution in [0.15, 0.2) is 12.1 Å². The highest BCUT2D eigenvalue weighted by Crippen LogP contribution is 2.20. The van der Waals surface area contributed by atoms with Crippen LogP contribution < -0.4 is 0 Å². The highest BCUT2D eigenvalue weighted by atomic mass is 35.5. The predicted molar refractivity (Wildman–Crippen MR) is 72.6 cm³/mol. The Morgan fingerprint density at radius 1 is 1.00 bits per heavy atom. The Bertz CT molecular complexity index is 360. The molecule has 0 aliphatic carbocycles. The van der Waals surface area contributed by atoms with E-state index in [1.807, 2.05) is 6.07 Å². The van der Waals surface area contributed by atoms with Crippen LogP contribution in [-0.4, -0.2) is 23.0 Å². The molecule has 1 fully saturated rings. The lowest BCUT2D eigenvalue weighted by atomic mass is 10.1. The second kappa shape index (κ2) is 6.58. The quantitative estimate of drug-likeness (QED) is 0.752. The average Bonchev–Trinajstić information content (AvgIpc) is 2.27. The summed E-state index contributed by atoms with van der Waals surface area (Å²) in [5.74, 6) is 0. The van der Waals surface area contributed by atoms with Crippen LogP contribution in [0.1, 0.15) is 37.8 Å². The summed E-state index contributed by atoms with van der Waals surface area (Å²) in [6.45, 7) is 3.11. The van der Waals surface area contributed by atoms with Gasteiger partial charge < -0.3 is 0 Å². The molecule has 17 heavy (non-hydrogen) atoms. The molecule has 0 N–H and O–H groups in total. The molecule has 2 nitrogen and oxygen atoms in total. The molecule has 0 amide bonds. The molecule has 2 rings (SSSR count). The molecule has 0 aromatic carbocycles. The van der Waals surface area contributed by atoms with E-state index in [-0.39, 0.29) is 0 Å². The van der Waals surface area contributed by atoms with Gasteiger partial charge in [-0.25, -0.2) is 4.98 Å². The molecule has 0 saturated carbocycles. The van der Waals surface area contributed by atoms with Gasteiger partial charge in [-0.1, -0.05) is 42.5 Å². The van der Waals surface area contributed by atoms with Crippen LogP contribution in [0.2, 0.25) is 10.2 Å². The van der Waals surface area contributed by atoms with Crippen LogP contribution in [0, 0.1) is 0 Å². The number of hydrogen-bond donors (Lipinski definition) is 0. The third-order valence-corrected chi connectivity index (χ3v) is 3.76. The SMILES string of the molecule is Clc1ccc(Cl)c(CN2CCCCCCC2)n1. The van der Waals surface area contributed by atoms with E-state index in [0.29, 0.717) is 5.15 Å². The highest BCUT2D eigenvalue weighted by Gasteiger charge is 2.11. The Morgan fingerprint density at radius 2 is 1.65 bits per heavy atom. The smallest absolute Gasteiger partial charge is 0.129 e. The molecular formula is C13H18Cl2N2. The topological polar surface area (TPSA) is 16.1 Å². The lowest BCUT2D eigenvalue weighted by Crippen LogP contribution is -2.27. The zero-order valence-electron chi connectivity index (χ0n) is 9.96. The first kappa shape index (κ1) is 13.1. The monoisotopic (exact) mass is 272 g/mol. The third-order valence-electron chi connectivity index (χ3n) is 3.21. The summed E-state index contributed by atoms with van der Waals surface area (Å²) >= 11 is 12.0. The largest absolute Gasteiger partial charge is 0.297 e. The Kier molecular flexibility index (Phi) is 5.08. The lowest BCUT2D eigenvalue weighted by Gasteiger charge is -2.24. The van der Waals surface area contributed by atoms with Crippen molar-refractivity contribution >= 4 is 23.2 Å². The van der Waals surface area contributed by atoms with Gasteiger partial charge in [0.15, 0.2) is 0 Å². The number of rotatable bonds is 2. The number of nitrogens with zero attached hydrogens (tertiary/aromatic N) is 2. The minimum Gasteiger partial charge on any atom is -0.297 e. The molecule has 0 bridgehead atoms. The first-order chi connectivity index (χ1) is 8.25. The van der Waals surface area contributed by atoms with E-state index in [0.717, 1.165) is 30.4 Å². The first-order valence-corrected chi connectivity index (χ1v) is 7.04. The van der Waals surface area contributed by atoms with Gasteiger partial charge in [-0.2, -0.15) is 0 Å². The summed E-state index contributed by atoms with van der Waals surface area (Å²) in [5, 5.41) is 1.24. The lowest BCUT2D eigenvalue weighted by molar-refractivity contribution is 0.237. The maximum Gasteiger partial charge on any atom is 0.129 e. The van der Waals surface area contributed by atoms with Gasteiger partial charge in [-0.3, -0.25) is 4.90 Å². The molecule has 1 aliphatic rings. The van der Waals surface area contributed by atoms with Crippen LogP contribution in [0.4, 0.5) is 0 Å². The molecule has 0 unspecified atom stereocenters. The summed E-state index contributed by atoms with van der Waals surface area (Å²) in [6, 6.07) is 3.57. The van der Waals surface area contributed by atoms with E-state index in [9.17, 15) is 0 Å². The molecule has 1 aromatic heterocycles. The maximum absolute atomic E-state index is 6.14. The first-order valence-electron chi connectivity index (χ1n) is 6.29. The molecule has 0 radical (unpaired) electrons. The number of likely N-dealkylation sites (tertiary alicyclic amines) is 1. The average molecular weight is 273 g/mol. The van der Waals surface area contributed by atoms with Crippen LogP contribution >= 0.6 is 23.2 Å². The van der Waals surface area contributed by atoms with Gasteiger partial charge in [0.2, 0.25) is 0 Å². The third kappa shape index (κ3) is 4.13. The maximum atomic E-state index is 6.14. The van der Waals surface area contributed by atoms with Gasteiger partial charge in [0, 0.05) is 6.54 Å². The molecule has 4 heteroatoms. The van der Waals surface area contributed by atoms with Gasteiger partial charge >= 0.3 is 0 Å². The molecule has 0 spiro atoms. The van der Waals surface area contributed by atoms with Crippen molar-refractivity contribution in [1.82, 2.24) is 9.88 Å². The van der Waals surface area contributed by atoms with Crippen molar-refractivity contribution in [3.05, 3.63) is 28.0 Å². The number of pyridine rings is 1. The van der Waals surface area contributed by atoms with Gasteiger partial charge in [-0.15, -0.1) is 0 Å². The predicted octanol–water partition coefficient (Wildman–Crippen LogP) is 4.15. The molecule has 1 aromatic rings. The van der Waals surface area contributed by atoms with Gasteiger partial charge in [0.1, 0.15) is 5.15 Å². The molecule has 0 atom stereocenters. The second-order valence-corrected chi connectivity index (χ2v) is 5.40. The Morgan fingerprint density at radius 3 is 2.35 bits per heavy atom. The highest BCUT2D eigenvalue weighted by molar-refractivity contribution is 6.32. The van der Waals surface area contributed by atoms with Gasteiger partial charge in [0.25, 0.3) is 0 Å². The zero-order valence-corrected chi connectivity index (χ0v) is 11.5. The van der Waals surface area contributed by atoms with Gasteiger partial charge in [0.05, 0.1) is 10.7 Å². The molecule has 1 saturated heterocycles. The number of hydrogen-bond acceptors (Lipinski definition) is 2. The van der Waals surface area contributed by atoms with Crippen LogP contribution in [-0.2, 0) is 6.54 Å². The minimum atomic E-state index is 0.524. The Hall–Kier alpha value is -0.310. The fourth-order valence-electron chi connectivity index (χ4n) is 2.25. The number of aromatic nitrogens is 1. The summed E-state index contributed by atoms with van der Waals surface area (Å²) in [5.41, 5.74) is 0.903.